The van der Waals surface area contributed by atoms with E-state index >= 15 is 0 Å². The number of fused-ring (bicyclic) bond motifs is 7. The van der Waals surface area contributed by atoms with Crippen molar-refractivity contribution in [2.24, 2.45) is 50.2 Å². The standard InChI is InChI=1S/C39H58O3/c1-34(2)30-17-20-39(7)31(37(30,5)19-18-32(34)40)16-15-28-29-26-36(4,22-21-35(29,3)23-24-38(28,39)6)33(41)42-25-11-14-27-12-9-8-10-13-27/h8-10,12-13,15,29-32,40H,11,14,16-26H2,1-7H3/t29?,30?,31?,32?,35?,36-,37?,38+,39?/m0/s1. The molecule has 3 heteroatoms. The predicted octanol–water partition coefficient (Wildman–Crippen LogP) is 9.33. The van der Waals surface area contributed by atoms with E-state index in [-0.39, 0.29) is 39.1 Å². The molecule has 1 aromatic rings. The second-order valence-electron chi connectivity index (χ2n) is 17.4. The molecule has 5 aliphatic rings. The zero-order chi connectivity index (χ0) is 30.2. The Hall–Kier alpha value is -1.61. The highest BCUT2D eigenvalue weighted by atomic mass is 16.5. The van der Waals surface area contributed by atoms with Crippen LogP contribution in [0.15, 0.2) is 42.0 Å². The number of hydrogen-bond acceptors (Lipinski definition) is 3. The van der Waals surface area contributed by atoms with E-state index in [1.807, 2.05) is 6.07 Å². The molecule has 1 aromatic carbocycles. The van der Waals surface area contributed by atoms with Gasteiger partial charge in [0.05, 0.1) is 18.1 Å². The maximum absolute atomic E-state index is 13.7. The molecule has 42 heavy (non-hydrogen) atoms. The lowest BCUT2D eigenvalue weighted by atomic mass is 9.33. The number of esters is 1. The number of carbonyl (C=O) groups excluding carboxylic acids is 1. The van der Waals surface area contributed by atoms with Crippen LogP contribution in [-0.4, -0.2) is 23.8 Å². The van der Waals surface area contributed by atoms with Gasteiger partial charge in [-0.3, -0.25) is 4.79 Å². The number of hydrogen-bond donors (Lipinski definition) is 1. The molecule has 7 unspecified atom stereocenters. The summed E-state index contributed by atoms with van der Waals surface area (Å²) < 4.78 is 6.01. The van der Waals surface area contributed by atoms with Gasteiger partial charge in [-0.15, -0.1) is 0 Å². The van der Waals surface area contributed by atoms with Gasteiger partial charge in [0.15, 0.2) is 0 Å². The van der Waals surface area contributed by atoms with E-state index in [1.54, 1.807) is 5.57 Å². The minimum absolute atomic E-state index is 0.0169. The van der Waals surface area contributed by atoms with Crippen LogP contribution in [-0.2, 0) is 16.0 Å². The van der Waals surface area contributed by atoms with Crippen molar-refractivity contribution in [1.29, 1.82) is 0 Å². The lowest BCUT2D eigenvalue weighted by molar-refractivity contribution is -0.203. The monoisotopic (exact) mass is 574 g/mol. The topological polar surface area (TPSA) is 46.5 Å². The number of aryl methyl sites for hydroxylation is 1. The molecule has 232 valence electrons. The summed E-state index contributed by atoms with van der Waals surface area (Å²) in [5, 5.41) is 11.0. The number of ether oxygens (including phenoxy) is 1. The van der Waals surface area contributed by atoms with Crippen LogP contribution in [0.3, 0.4) is 0 Å². The van der Waals surface area contributed by atoms with Gasteiger partial charge >= 0.3 is 5.97 Å². The number of allylic oxidation sites excluding steroid dienone is 2. The number of carbonyl (C=O) groups is 1. The van der Waals surface area contributed by atoms with Crippen molar-refractivity contribution < 1.29 is 14.6 Å². The van der Waals surface area contributed by atoms with Crippen molar-refractivity contribution >= 4 is 5.97 Å². The number of benzene rings is 1. The highest BCUT2D eigenvalue weighted by molar-refractivity contribution is 5.76. The molecule has 3 nitrogen and oxygen atoms in total. The van der Waals surface area contributed by atoms with Crippen LogP contribution >= 0.6 is 0 Å². The van der Waals surface area contributed by atoms with E-state index < -0.39 is 5.41 Å². The molecule has 4 fully saturated rings. The summed E-state index contributed by atoms with van der Waals surface area (Å²) in [6.45, 7) is 17.8. The van der Waals surface area contributed by atoms with Crippen LogP contribution in [0.4, 0.5) is 0 Å². The molecule has 0 aliphatic heterocycles. The van der Waals surface area contributed by atoms with Crippen molar-refractivity contribution in [3.8, 4) is 0 Å². The van der Waals surface area contributed by atoms with Crippen molar-refractivity contribution in [1.82, 2.24) is 0 Å². The molecule has 0 amide bonds. The Morgan fingerprint density at radius 1 is 0.881 bits per heavy atom. The van der Waals surface area contributed by atoms with Gasteiger partial charge in [-0.05, 0) is 134 Å². The third-order valence-corrected chi connectivity index (χ3v) is 15.0. The molecule has 4 saturated carbocycles. The highest BCUT2D eigenvalue weighted by Crippen LogP contribution is 2.75. The summed E-state index contributed by atoms with van der Waals surface area (Å²) in [6.07, 6.45) is 15.6. The zero-order valence-corrected chi connectivity index (χ0v) is 27.7. The van der Waals surface area contributed by atoms with Crippen LogP contribution in [0.1, 0.15) is 125 Å². The largest absolute Gasteiger partial charge is 0.465 e. The van der Waals surface area contributed by atoms with E-state index in [1.165, 1.54) is 31.2 Å². The molecule has 0 saturated heterocycles. The summed E-state index contributed by atoms with van der Waals surface area (Å²) in [6, 6.07) is 10.5. The van der Waals surface area contributed by atoms with Gasteiger partial charge in [-0.2, -0.15) is 0 Å². The average Bonchev–Trinajstić information content (AvgIpc) is 2.95. The van der Waals surface area contributed by atoms with E-state index in [0.717, 1.165) is 51.4 Å². The van der Waals surface area contributed by atoms with Crippen LogP contribution in [0, 0.1) is 50.2 Å². The van der Waals surface area contributed by atoms with E-state index in [2.05, 4.69) is 78.8 Å². The van der Waals surface area contributed by atoms with Gasteiger partial charge in [0, 0.05) is 0 Å². The van der Waals surface area contributed by atoms with Crippen molar-refractivity contribution in [2.45, 2.75) is 132 Å². The zero-order valence-electron chi connectivity index (χ0n) is 27.7. The maximum Gasteiger partial charge on any atom is 0.311 e. The molecule has 5 aliphatic carbocycles. The number of rotatable bonds is 5. The van der Waals surface area contributed by atoms with E-state index in [4.69, 9.17) is 4.74 Å². The fraction of sp³-hybridized carbons (Fsp3) is 0.769. The van der Waals surface area contributed by atoms with Crippen LogP contribution in [0.5, 0.6) is 0 Å². The fourth-order valence-electron chi connectivity index (χ4n) is 11.8. The first-order valence-electron chi connectivity index (χ1n) is 17.3. The van der Waals surface area contributed by atoms with Gasteiger partial charge < -0.3 is 9.84 Å². The Labute approximate surface area is 256 Å². The smallest absolute Gasteiger partial charge is 0.311 e. The van der Waals surface area contributed by atoms with Crippen molar-refractivity contribution in [2.75, 3.05) is 6.61 Å². The van der Waals surface area contributed by atoms with Crippen molar-refractivity contribution in [3.05, 3.63) is 47.5 Å². The van der Waals surface area contributed by atoms with Gasteiger partial charge in [-0.1, -0.05) is 83.5 Å². The van der Waals surface area contributed by atoms with E-state index in [9.17, 15) is 9.90 Å². The number of aliphatic hydroxyl groups is 1. The van der Waals surface area contributed by atoms with Crippen molar-refractivity contribution in [3.63, 3.8) is 0 Å². The molecular weight excluding hydrogens is 516 g/mol. The van der Waals surface area contributed by atoms with Crippen LogP contribution in [0.2, 0.25) is 0 Å². The minimum Gasteiger partial charge on any atom is -0.465 e. The molecular formula is C39H58O3. The molecule has 0 heterocycles. The van der Waals surface area contributed by atoms with Gasteiger partial charge in [0.2, 0.25) is 0 Å². The molecule has 0 radical (unpaired) electrons. The Balaban J connectivity index is 1.23. The van der Waals surface area contributed by atoms with Gasteiger partial charge in [0.1, 0.15) is 0 Å². The summed E-state index contributed by atoms with van der Waals surface area (Å²) in [5.74, 6) is 1.72. The summed E-state index contributed by atoms with van der Waals surface area (Å²) in [7, 11) is 0. The quantitative estimate of drug-likeness (QED) is 0.216. The van der Waals surface area contributed by atoms with E-state index in [0.29, 0.717) is 24.4 Å². The SMILES string of the molecule is CC12CC[C@](C)(C(=O)OCCCc3ccccc3)CC1C1=CCC3C4(C)CCC(O)C(C)(C)C4CCC3(C)[C@]1(C)CC2. The second kappa shape index (κ2) is 10.2. The fourth-order valence-corrected chi connectivity index (χ4v) is 11.8. The Bertz CT molecular complexity index is 1220. The maximum atomic E-state index is 13.7. The Morgan fingerprint density at radius 3 is 2.33 bits per heavy atom. The minimum atomic E-state index is -0.402. The van der Waals surface area contributed by atoms with Gasteiger partial charge in [0.25, 0.3) is 0 Å². The highest BCUT2D eigenvalue weighted by Gasteiger charge is 2.68. The summed E-state index contributed by atoms with van der Waals surface area (Å²) in [5.41, 5.74) is 3.56. The lowest BCUT2D eigenvalue weighted by Gasteiger charge is -2.71. The average molecular weight is 575 g/mol. The second-order valence-corrected chi connectivity index (χ2v) is 17.4. The normalized spacial score (nSPS) is 45.9. The first kappa shape index (κ1) is 30.4. The predicted molar refractivity (Wildman–Crippen MR) is 171 cm³/mol. The molecule has 0 bridgehead atoms. The summed E-state index contributed by atoms with van der Waals surface area (Å²) >= 11 is 0. The third kappa shape index (κ3) is 4.40. The third-order valence-electron chi connectivity index (χ3n) is 15.0. The Morgan fingerprint density at radius 2 is 1.60 bits per heavy atom. The van der Waals surface area contributed by atoms with Gasteiger partial charge in [-0.25, -0.2) is 0 Å². The Kier molecular flexibility index (Phi) is 7.40. The molecule has 9 atom stereocenters. The van der Waals surface area contributed by atoms with Crippen LogP contribution in [0.25, 0.3) is 0 Å². The van der Waals surface area contributed by atoms with Crippen LogP contribution < -0.4 is 0 Å². The molecule has 0 spiro atoms. The lowest BCUT2D eigenvalue weighted by Crippen LogP contribution is -2.64. The first-order valence-corrected chi connectivity index (χ1v) is 17.3. The molecule has 1 N–H and O–H groups in total. The molecule has 6 rings (SSSR count). The summed E-state index contributed by atoms with van der Waals surface area (Å²) in [4.78, 5) is 13.7. The molecule has 0 aromatic heterocycles. The number of aliphatic hydroxyl groups excluding tert-OH is 1. The first-order chi connectivity index (χ1) is 19.7.